The lowest BCUT2D eigenvalue weighted by atomic mass is 9.95. The fourth-order valence-electron chi connectivity index (χ4n) is 3.15. The topological polar surface area (TPSA) is 29.3 Å². The van der Waals surface area contributed by atoms with E-state index in [4.69, 9.17) is 5.73 Å². The van der Waals surface area contributed by atoms with Crippen molar-refractivity contribution in [2.24, 2.45) is 0 Å². The van der Waals surface area contributed by atoms with E-state index in [9.17, 15) is 4.39 Å². The Morgan fingerprint density at radius 1 is 1.19 bits per heavy atom. The summed E-state index contributed by atoms with van der Waals surface area (Å²) in [6.07, 6.45) is 1.72. The Kier molecular flexibility index (Phi) is 3.93. The summed E-state index contributed by atoms with van der Waals surface area (Å²) in [6, 6.07) is 13.5. The highest BCUT2D eigenvalue weighted by molar-refractivity contribution is 5.51. The molecule has 1 unspecified atom stereocenters. The van der Waals surface area contributed by atoms with Gasteiger partial charge in [-0.3, -0.25) is 4.90 Å². The SMILES string of the molecule is CC(Cc1ccccc1F)N1CCc2c(N)cccc2C1. The highest BCUT2D eigenvalue weighted by Gasteiger charge is 2.22. The van der Waals surface area contributed by atoms with Crippen LogP contribution in [0.3, 0.4) is 0 Å². The molecule has 3 heteroatoms. The number of anilines is 1. The molecule has 21 heavy (non-hydrogen) atoms. The first-order valence-corrected chi connectivity index (χ1v) is 7.49. The molecule has 0 fully saturated rings. The van der Waals surface area contributed by atoms with Crippen LogP contribution in [0.25, 0.3) is 0 Å². The van der Waals surface area contributed by atoms with Crippen LogP contribution < -0.4 is 5.73 Å². The molecule has 0 spiro atoms. The zero-order chi connectivity index (χ0) is 14.8. The van der Waals surface area contributed by atoms with Crippen LogP contribution >= 0.6 is 0 Å². The fraction of sp³-hybridized carbons (Fsp3) is 0.333. The van der Waals surface area contributed by atoms with Crippen LogP contribution in [0.1, 0.15) is 23.6 Å². The van der Waals surface area contributed by atoms with E-state index in [1.54, 1.807) is 6.07 Å². The molecule has 0 amide bonds. The van der Waals surface area contributed by atoms with E-state index in [2.05, 4.69) is 17.9 Å². The van der Waals surface area contributed by atoms with E-state index in [1.165, 1.54) is 17.2 Å². The third kappa shape index (κ3) is 2.93. The number of rotatable bonds is 3. The van der Waals surface area contributed by atoms with Gasteiger partial charge in [0.05, 0.1) is 0 Å². The second-order valence-electron chi connectivity index (χ2n) is 5.85. The average Bonchev–Trinajstić information content (AvgIpc) is 2.49. The average molecular weight is 284 g/mol. The Labute approximate surface area is 125 Å². The van der Waals surface area contributed by atoms with E-state index in [-0.39, 0.29) is 5.82 Å². The molecule has 2 aromatic carbocycles. The predicted octanol–water partition coefficient (Wildman–Crippen LogP) is 3.40. The monoisotopic (exact) mass is 284 g/mol. The number of hydrogen-bond donors (Lipinski definition) is 1. The highest BCUT2D eigenvalue weighted by atomic mass is 19.1. The molecule has 2 N–H and O–H groups in total. The zero-order valence-corrected chi connectivity index (χ0v) is 12.3. The van der Waals surface area contributed by atoms with Gasteiger partial charge in [0.15, 0.2) is 0 Å². The molecule has 1 aliphatic heterocycles. The van der Waals surface area contributed by atoms with Crippen molar-refractivity contribution in [3.05, 3.63) is 65.0 Å². The summed E-state index contributed by atoms with van der Waals surface area (Å²) in [5.41, 5.74) is 10.3. The molecule has 2 aromatic rings. The summed E-state index contributed by atoms with van der Waals surface area (Å²) >= 11 is 0. The Morgan fingerprint density at radius 2 is 2.00 bits per heavy atom. The van der Waals surface area contributed by atoms with Crippen LogP contribution in [0, 0.1) is 5.82 Å². The molecule has 0 aromatic heterocycles. The van der Waals surface area contributed by atoms with Crippen molar-refractivity contribution in [1.29, 1.82) is 0 Å². The van der Waals surface area contributed by atoms with Crippen LogP contribution in [0.4, 0.5) is 10.1 Å². The third-order valence-corrected chi connectivity index (χ3v) is 4.43. The van der Waals surface area contributed by atoms with Crippen LogP contribution in [0.15, 0.2) is 42.5 Å². The molecular weight excluding hydrogens is 263 g/mol. The van der Waals surface area contributed by atoms with Gasteiger partial charge < -0.3 is 5.73 Å². The third-order valence-electron chi connectivity index (χ3n) is 4.43. The van der Waals surface area contributed by atoms with Gasteiger partial charge in [-0.1, -0.05) is 30.3 Å². The summed E-state index contributed by atoms with van der Waals surface area (Å²) in [5.74, 6) is -0.106. The molecule has 0 saturated heterocycles. The maximum absolute atomic E-state index is 13.8. The van der Waals surface area contributed by atoms with Gasteiger partial charge >= 0.3 is 0 Å². The number of fused-ring (bicyclic) bond motifs is 1. The quantitative estimate of drug-likeness (QED) is 0.875. The maximum atomic E-state index is 13.8. The van der Waals surface area contributed by atoms with Crippen LogP contribution in [-0.4, -0.2) is 17.5 Å². The van der Waals surface area contributed by atoms with Crippen molar-refractivity contribution in [2.75, 3.05) is 12.3 Å². The summed E-state index contributed by atoms with van der Waals surface area (Å²) in [6.45, 7) is 4.05. The molecule has 0 aliphatic carbocycles. The molecule has 1 heterocycles. The lowest BCUT2D eigenvalue weighted by Crippen LogP contribution is -2.39. The largest absolute Gasteiger partial charge is 0.398 e. The molecule has 2 nitrogen and oxygen atoms in total. The molecule has 0 radical (unpaired) electrons. The van der Waals surface area contributed by atoms with Gasteiger partial charge in [-0.2, -0.15) is 0 Å². The van der Waals surface area contributed by atoms with E-state index in [0.29, 0.717) is 6.04 Å². The molecule has 1 aliphatic rings. The van der Waals surface area contributed by atoms with Crippen molar-refractivity contribution < 1.29 is 4.39 Å². The van der Waals surface area contributed by atoms with E-state index in [0.717, 1.165) is 37.2 Å². The van der Waals surface area contributed by atoms with E-state index in [1.807, 2.05) is 24.3 Å². The number of halogens is 1. The van der Waals surface area contributed by atoms with Crippen molar-refractivity contribution in [3.8, 4) is 0 Å². The summed E-state index contributed by atoms with van der Waals surface area (Å²) in [4.78, 5) is 2.41. The Hall–Kier alpha value is -1.87. The van der Waals surface area contributed by atoms with Gasteiger partial charge in [-0.15, -0.1) is 0 Å². The number of benzene rings is 2. The van der Waals surface area contributed by atoms with Crippen molar-refractivity contribution in [1.82, 2.24) is 4.90 Å². The zero-order valence-electron chi connectivity index (χ0n) is 12.3. The minimum atomic E-state index is -0.106. The van der Waals surface area contributed by atoms with E-state index >= 15 is 0 Å². The molecular formula is C18H21FN2. The summed E-state index contributed by atoms with van der Waals surface area (Å²) < 4.78 is 13.8. The van der Waals surface area contributed by atoms with Crippen molar-refractivity contribution in [2.45, 2.75) is 32.4 Å². The number of nitrogens with two attached hydrogens (primary N) is 1. The second kappa shape index (κ2) is 5.86. The minimum Gasteiger partial charge on any atom is -0.398 e. The Balaban J connectivity index is 1.73. The molecule has 110 valence electrons. The minimum absolute atomic E-state index is 0.106. The Bertz CT molecular complexity index is 639. The summed E-state index contributed by atoms with van der Waals surface area (Å²) in [5, 5.41) is 0. The summed E-state index contributed by atoms with van der Waals surface area (Å²) in [7, 11) is 0. The van der Waals surface area contributed by atoms with Crippen LogP contribution in [0.5, 0.6) is 0 Å². The maximum Gasteiger partial charge on any atom is 0.126 e. The molecule has 0 bridgehead atoms. The normalized spacial score (nSPS) is 16.5. The first kappa shape index (κ1) is 14.1. The van der Waals surface area contributed by atoms with Gasteiger partial charge in [0.2, 0.25) is 0 Å². The second-order valence-corrected chi connectivity index (χ2v) is 5.85. The Morgan fingerprint density at radius 3 is 2.81 bits per heavy atom. The van der Waals surface area contributed by atoms with Crippen LogP contribution in [0.2, 0.25) is 0 Å². The van der Waals surface area contributed by atoms with Gasteiger partial charge in [-0.05, 0) is 48.6 Å². The van der Waals surface area contributed by atoms with Gasteiger partial charge in [0.25, 0.3) is 0 Å². The highest BCUT2D eigenvalue weighted by Crippen LogP contribution is 2.26. The number of nitrogen functional groups attached to an aromatic ring is 1. The fourth-order valence-corrected chi connectivity index (χ4v) is 3.15. The van der Waals surface area contributed by atoms with E-state index < -0.39 is 0 Å². The van der Waals surface area contributed by atoms with Gasteiger partial charge in [-0.25, -0.2) is 4.39 Å². The molecule has 1 atom stereocenters. The van der Waals surface area contributed by atoms with Crippen molar-refractivity contribution >= 4 is 5.69 Å². The number of nitrogens with zero attached hydrogens (tertiary/aromatic N) is 1. The van der Waals surface area contributed by atoms with Crippen molar-refractivity contribution in [3.63, 3.8) is 0 Å². The number of hydrogen-bond acceptors (Lipinski definition) is 2. The predicted molar refractivity (Wildman–Crippen MR) is 84.5 cm³/mol. The lowest BCUT2D eigenvalue weighted by Gasteiger charge is -2.34. The van der Waals surface area contributed by atoms with Gasteiger partial charge in [0.1, 0.15) is 5.82 Å². The lowest BCUT2D eigenvalue weighted by molar-refractivity contribution is 0.189. The molecule has 3 rings (SSSR count). The van der Waals surface area contributed by atoms with Crippen LogP contribution in [-0.2, 0) is 19.4 Å². The smallest absolute Gasteiger partial charge is 0.126 e. The molecule has 0 saturated carbocycles. The first-order chi connectivity index (χ1) is 10.1. The van der Waals surface area contributed by atoms with Gasteiger partial charge in [0, 0.05) is 24.8 Å². The first-order valence-electron chi connectivity index (χ1n) is 7.49. The standard InChI is InChI=1S/C18H21FN2/c1-13(11-14-5-2-3-7-17(14)19)21-10-9-16-15(12-21)6-4-8-18(16)20/h2-8,13H,9-12,20H2,1H3.